The van der Waals surface area contributed by atoms with Crippen LogP contribution in [0, 0.1) is 154 Å². The Hall–Kier alpha value is -4.21. The zero-order valence-corrected chi connectivity index (χ0v) is 95.0. The molecule has 11 N–H and O–H groups in total. The lowest BCUT2D eigenvalue weighted by Crippen LogP contribution is -2.50. The van der Waals surface area contributed by atoms with Crippen LogP contribution < -0.4 is 23.0 Å². The molecule has 140 heavy (non-hydrogen) atoms. The number of nitrogens with zero attached hydrogens (tertiary/aromatic N) is 6. The zero-order valence-electron chi connectivity index (χ0n) is 88.5. The molecular formula is C121H184BI3N10O5. The van der Waals surface area contributed by atoms with Crippen LogP contribution >= 0.6 is 59.8 Å². The molecule has 3 aromatic rings. The number of fused-ring (bicyclic) bond motifs is 25. The van der Waals surface area contributed by atoms with Crippen molar-refractivity contribution in [2.24, 2.45) is 171 Å². The van der Waals surface area contributed by atoms with Gasteiger partial charge in [-0.15, -0.1) is 0 Å². The second-order valence-electron chi connectivity index (χ2n) is 50.5. The first-order valence-electron chi connectivity index (χ1n) is 55.3. The Bertz CT molecular complexity index is 4910. The summed E-state index contributed by atoms with van der Waals surface area (Å²) in [6.07, 6.45) is 77.8. The largest absolute Gasteiger partial charge is 0.393 e. The Morgan fingerprint density at radius 3 is 1.06 bits per heavy atom. The van der Waals surface area contributed by atoms with Crippen LogP contribution in [0.5, 0.6) is 0 Å². The SMILES string of the molecule is C.CCB(CC)c1cccnc1.CN(C)C(=N)N(C)C.C[C@H]1CC[C@@]2(C)C(=CCC3C2CC[C@]2(C)C(c4cccnc4)=CCC32)C1.C[C@]12CC[C@H](O)CC1=CCC1C2CC[C@]2(C)/C(=N\N)CCC12.C[C@]12CC[C@H](O)CC1=CCC1C2CC[C@]2(C)C(=O)CCC12.C[C@]12CC[C@H](O)CC1=CCC1C2CC[C@]2(C)C(I)=CCC12.C[C@]12CC[C@H](O)CC1=CCC1C2CC[C@]2(C)C(c3cccnc3)=CCC12.II.NN. The highest BCUT2D eigenvalue weighted by molar-refractivity contribution is 15.0. The van der Waals surface area contributed by atoms with E-state index < -0.39 is 0 Å². The maximum absolute atomic E-state index is 12.4. The molecule has 15 unspecified atom stereocenters. The highest BCUT2D eigenvalue weighted by atomic mass is 128. The molecule has 12 saturated carbocycles. The van der Waals surface area contributed by atoms with Crippen molar-refractivity contribution in [1.29, 1.82) is 5.41 Å². The molecule has 0 amide bonds. The van der Waals surface area contributed by atoms with E-state index in [9.17, 15) is 25.2 Å². The number of guanidine groups is 1. The molecule has 0 aromatic carbocycles. The van der Waals surface area contributed by atoms with E-state index in [1.807, 2.05) is 70.8 Å². The van der Waals surface area contributed by atoms with Crippen molar-refractivity contribution in [2.45, 2.75) is 372 Å². The second kappa shape index (κ2) is 45.7. The number of aliphatic hydroxyl groups is 4. The van der Waals surface area contributed by atoms with Crippen molar-refractivity contribution >= 4 is 101 Å². The van der Waals surface area contributed by atoms with Crippen molar-refractivity contribution in [1.82, 2.24) is 24.8 Å². The molecule has 0 saturated heterocycles. The molecule has 772 valence electrons. The smallest absolute Gasteiger partial charge is 0.192 e. The summed E-state index contributed by atoms with van der Waals surface area (Å²) < 4.78 is 1.63. The lowest BCUT2D eigenvalue weighted by atomic mass is 9.42. The predicted molar refractivity (Wildman–Crippen MR) is 610 cm³/mol. The number of carbonyl (C=O) groups excluding carboxylic acids is 1. The van der Waals surface area contributed by atoms with Gasteiger partial charge in [0.1, 0.15) is 5.78 Å². The predicted octanol–water partition coefficient (Wildman–Crippen LogP) is 27.9. The normalized spacial score (nSPS) is 41.9. The number of halogens is 3. The van der Waals surface area contributed by atoms with Gasteiger partial charge in [0.2, 0.25) is 0 Å². The van der Waals surface area contributed by atoms with Gasteiger partial charge in [0.05, 0.1) is 24.4 Å². The van der Waals surface area contributed by atoms with Gasteiger partial charge in [-0.05, 0) is 430 Å². The standard InChI is InChI=1S/C25H33N.C24H31NO.C19H27IO.C19H30N2O.C19H28O2.C9H14BN.C5H13N3.CH4.I2.H4N2/c1-17-10-12-24(2)19(15-17)6-7-20-22-9-8-21(18-5-4-14-26-16-18)25(22,3)13-11-23(20)24;1-23-11-9-18(26)14-17(23)5-6-19-21-8-7-20(16-4-3-13-25-15-16)24(21,2)12-10-22(19)23;1-18-9-7-13(21)11-12(18)3-4-14-15-5-6-17(20)19(15,2)10-8-16(14)18;1-18-9-7-13(22)11-12(18)3-4-14-15-5-6-17(21-20)19(15,2)10-8-16(14)18;1-18-9-7-13(20)11-12(18)3-4-14-15-5-6-17(21)19(15,2)10-8-16(14)18;1-3-10(4-2)9-6-5-7-11-8-9;1-7(2)5(6)8(3)4;;2*1-2/h4-6,8,14,16-17,20,22-23H,7,9-13,15H2,1-3H3;3-5,7,13,15,18-19,21-22,26H,6,8-12,14H2,1-2H3;3,6,13-16,21H,4-5,7-11H2,1-2H3;3,13-16,22H,4-11,20H2,1-2H3;3,13-16,20H,4-11H2,1-2H3;5-8H,3-4H2,1-2H3;6H,1-4H3;1H4;;1-2H2/b;;;21-17-;;;;;;/t17-,20?,22?,23?,24-,25+;18-,19?,21?,22?,23-,24+;3*13-,14?,15?,16?,18-,19-;;;;;/m00000...../s1. The average Bonchev–Trinajstić information content (AvgIpc) is 1.51. The number of hydrogen-bond donors (Lipinski definition) is 8. The Morgan fingerprint density at radius 2 is 0.714 bits per heavy atom. The number of rotatable bonds is 5. The van der Waals surface area contributed by atoms with Crippen molar-refractivity contribution in [3.8, 4) is 0 Å². The molecule has 0 spiro atoms. The van der Waals surface area contributed by atoms with E-state index in [0.29, 0.717) is 73.6 Å². The Balaban J connectivity index is 0.000000132. The number of Topliss-reactive ketones (excluding diaryl/α,β-unsaturated/α-hetero) is 1. The molecule has 19 heteroatoms. The van der Waals surface area contributed by atoms with Gasteiger partial charge in [-0.1, -0.05) is 210 Å². The van der Waals surface area contributed by atoms with E-state index in [-0.39, 0.29) is 42.7 Å². The second-order valence-corrected chi connectivity index (χ2v) is 51.6. The summed E-state index contributed by atoms with van der Waals surface area (Å²) in [4.78, 5) is 28.7. The summed E-state index contributed by atoms with van der Waals surface area (Å²) in [5.41, 5.74) is 19.8. The van der Waals surface area contributed by atoms with Gasteiger partial charge in [0.25, 0.3) is 0 Å². The molecule has 23 rings (SSSR count). The third-order valence-electron chi connectivity index (χ3n) is 43.8. The van der Waals surface area contributed by atoms with Crippen molar-refractivity contribution < 1.29 is 25.2 Å². The number of hydrazone groups is 1. The molecule has 20 aliphatic rings. The molecule has 15 nitrogen and oxygen atoms in total. The minimum absolute atomic E-state index is 0. The number of aromatic nitrogens is 3. The van der Waals surface area contributed by atoms with E-state index >= 15 is 0 Å². The Labute approximate surface area is 884 Å². The van der Waals surface area contributed by atoms with E-state index in [0.717, 1.165) is 173 Å². The number of carbonyl (C=O) groups is 1. The number of aliphatic hydroxyl groups excluding tert-OH is 4. The average molecular weight is 2250 g/mol. The molecule has 20 aliphatic carbocycles. The van der Waals surface area contributed by atoms with Crippen molar-refractivity contribution in [2.75, 3.05) is 28.2 Å². The third kappa shape index (κ3) is 20.9. The number of hydrazine groups is 1. The lowest BCUT2D eigenvalue weighted by Gasteiger charge is -2.58. The van der Waals surface area contributed by atoms with Crippen LogP contribution in [-0.4, -0.2) is 122 Å². The van der Waals surface area contributed by atoms with E-state index in [4.69, 9.17) is 11.3 Å². The minimum atomic E-state index is -0.122. The van der Waals surface area contributed by atoms with E-state index in [1.165, 1.54) is 188 Å². The van der Waals surface area contributed by atoms with Crippen LogP contribution in [0.2, 0.25) is 12.6 Å². The first-order chi connectivity index (χ1) is 66.4. The van der Waals surface area contributed by atoms with Gasteiger partial charge in [0, 0.05) is 131 Å². The summed E-state index contributed by atoms with van der Waals surface area (Å²) in [6, 6.07) is 12.8. The molecule has 3 aromatic heterocycles. The van der Waals surface area contributed by atoms with Gasteiger partial charge in [-0.25, -0.2) is 0 Å². The number of nitrogens with two attached hydrogens (primary N) is 3. The molecule has 12 fully saturated rings. The monoisotopic (exact) mass is 2250 g/mol. The summed E-state index contributed by atoms with van der Waals surface area (Å²) in [6.45, 7) is 32.4. The molecule has 0 radical (unpaired) electrons. The molecular weight excluding hydrogens is 2060 g/mol. The lowest BCUT2D eigenvalue weighted by molar-refractivity contribution is -0.132. The van der Waals surface area contributed by atoms with Crippen LogP contribution in [0.1, 0.15) is 346 Å². The van der Waals surface area contributed by atoms with Crippen LogP contribution in [0.25, 0.3) is 11.1 Å². The van der Waals surface area contributed by atoms with Crippen LogP contribution in [0.15, 0.2) is 159 Å². The van der Waals surface area contributed by atoms with Gasteiger partial charge in [-0.2, -0.15) is 5.10 Å². The maximum atomic E-state index is 12.4. The highest BCUT2D eigenvalue weighted by Crippen LogP contribution is 2.72. The van der Waals surface area contributed by atoms with Crippen LogP contribution in [-0.2, 0) is 4.79 Å². The van der Waals surface area contributed by atoms with E-state index in [2.05, 4.69) is 267 Å². The summed E-state index contributed by atoms with van der Waals surface area (Å²) in [5, 5.41) is 51.6. The third-order valence-corrected chi connectivity index (χ3v) is 45.5. The summed E-state index contributed by atoms with van der Waals surface area (Å²) >= 11 is 6.84. The fourth-order valence-corrected chi connectivity index (χ4v) is 36.5. The number of hydrogen-bond acceptors (Lipinski definition) is 13. The summed E-state index contributed by atoms with van der Waals surface area (Å²) in [5.74, 6) is 27.6. The zero-order chi connectivity index (χ0) is 99.9. The molecule has 0 aliphatic heterocycles. The van der Waals surface area contributed by atoms with Gasteiger partial charge < -0.3 is 36.1 Å². The highest BCUT2D eigenvalue weighted by Gasteiger charge is 2.64. The first-order valence-corrected chi connectivity index (χ1v) is 62.6. The van der Waals surface area contributed by atoms with Gasteiger partial charge >= 0.3 is 0 Å². The fraction of sp³-hybridized carbons (Fsp3) is 0.719. The van der Waals surface area contributed by atoms with Gasteiger partial charge in [0.15, 0.2) is 12.7 Å². The van der Waals surface area contributed by atoms with Crippen molar-refractivity contribution in [3.63, 3.8) is 0 Å². The Kier molecular flexibility index (Phi) is 36.4. The minimum Gasteiger partial charge on any atom is -0.393 e. The number of allylic oxidation sites excluding steroid dienone is 12. The fourth-order valence-electron chi connectivity index (χ4n) is 35.5. The quantitative estimate of drug-likeness (QED) is 0.0225. The van der Waals surface area contributed by atoms with Crippen LogP contribution in [0.4, 0.5) is 0 Å². The molecule has 0 bridgehead atoms. The van der Waals surface area contributed by atoms with Crippen LogP contribution in [0.3, 0.4) is 0 Å². The van der Waals surface area contributed by atoms with Gasteiger partial charge in [-0.3, -0.25) is 36.8 Å². The number of pyridine rings is 3. The molecule has 30 atom stereocenters. The molecule has 3 heterocycles. The maximum Gasteiger partial charge on any atom is 0.192 e. The topological polar surface area (TPSA) is 257 Å². The number of ketones is 1. The first kappa shape index (κ1) is 111. The van der Waals surface area contributed by atoms with Crippen molar-refractivity contribution in [3.05, 3.63) is 165 Å². The number of nitrogens with one attached hydrogen (secondary N) is 1. The Morgan fingerprint density at radius 1 is 0.407 bits per heavy atom. The summed E-state index contributed by atoms with van der Waals surface area (Å²) in [7, 11) is 7.40. The van der Waals surface area contributed by atoms with E-state index in [1.54, 1.807) is 41.2 Å².